The van der Waals surface area contributed by atoms with E-state index >= 15 is 0 Å². The number of hydrogen-bond donors (Lipinski definition) is 0. The first-order chi connectivity index (χ1) is 10.3. The van der Waals surface area contributed by atoms with Gasteiger partial charge in [-0.2, -0.15) is 0 Å². The van der Waals surface area contributed by atoms with E-state index in [-0.39, 0.29) is 0 Å². The van der Waals surface area contributed by atoms with E-state index in [9.17, 15) is 4.79 Å². The fourth-order valence-corrected chi connectivity index (χ4v) is 4.66. The Bertz CT molecular complexity index is 270. The summed E-state index contributed by atoms with van der Waals surface area (Å²) in [6.07, 6.45) is 20.7. The highest BCUT2D eigenvalue weighted by molar-refractivity contribution is 5.49. The van der Waals surface area contributed by atoms with Crippen LogP contribution in [0.5, 0.6) is 0 Å². The average Bonchev–Trinajstić information content (AvgIpc) is 2.53. The topological polar surface area (TPSA) is 17.1 Å². The van der Waals surface area contributed by atoms with Crippen LogP contribution in [0, 0.1) is 23.7 Å². The number of carbonyl (C=O) groups excluding carboxylic acids is 1. The van der Waals surface area contributed by atoms with Crippen LogP contribution >= 0.6 is 0 Å². The Morgan fingerprint density at radius 3 is 1.57 bits per heavy atom. The lowest BCUT2D eigenvalue weighted by Gasteiger charge is -2.31. The van der Waals surface area contributed by atoms with E-state index in [0.717, 1.165) is 30.5 Å². The summed E-state index contributed by atoms with van der Waals surface area (Å²) >= 11 is 0. The predicted molar refractivity (Wildman–Crippen MR) is 90.3 cm³/mol. The van der Waals surface area contributed by atoms with Gasteiger partial charge in [0.25, 0.3) is 0 Å². The maximum absolute atomic E-state index is 10.6. The van der Waals surface area contributed by atoms with Crippen molar-refractivity contribution in [1.82, 2.24) is 0 Å². The second-order valence-electron chi connectivity index (χ2n) is 7.90. The van der Waals surface area contributed by atoms with Gasteiger partial charge >= 0.3 is 0 Å². The van der Waals surface area contributed by atoms with Gasteiger partial charge in [-0.3, -0.25) is 0 Å². The van der Waals surface area contributed by atoms with Crippen LogP contribution in [0.3, 0.4) is 0 Å². The van der Waals surface area contributed by atoms with Gasteiger partial charge in [0, 0.05) is 6.42 Å². The van der Waals surface area contributed by atoms with Gasteiger partial charge in [-0.05, 0) is 36.5 Å². The quantitative estimate of drug-likeness (QED) is 0.490. The second kappa shape index (κ2) is 9.64. The lowest BCUT2D eigenvalue weighted by Crippen LogP contribution is -2.18. The Morgan fingerprint density at radius 2 is 1.14 bits per heavy atom. The van der Waals surface area contributed by atoms with Crippen molar-refractivity contribution in [2.75, 3.05) is 0 Å². The third-order valence-electron chi connectivity index (χ3n) is 6.31. The normalized spacial score (nSPS) is 33.8. The lowest BCUT2D eigenvalue weighted by atomic mass is 9.74. The van der Waals surface area contributed by atoms with Gasteiger partial charge in [0.15, 0.2) is 0 Å². The summed E-state index contributed by atoms with van der Waals surface area (Å²) in [5, 5.41) is 0. The summed E-state index contributed by atoms with van der Waals surface area (Å²) in [4.78, 5) is 10.6. The lowest BCUT2D eigenvalue weighted by molar-refractivity contribution is -0.108. The van der Waals surface area contributed by atoms with Gasteiger partial charge < -0.3 is 4.79 Å². The maximum Gasteiger partial charge on any atom is 0.120 e. The first-order valence-electron chi connectivity index (χ1n) is 9.75. The monoisotopic (exact) mass is 292 g/mol. The van der Waals surface area contributed by atoms with Crippen LogP contribution in [0.25, 0.3) is 0 Å². The summed E-state index contributed by atoms with van der Waals surface area (Å²) in [6.45, 7) is 2.31. The smallest absolute Gasteiger partial charge is 0.120 e. The second-order valence-corrected chi connectivity index (χ2v) is 7.90. The summed E-state index contributed by atoms with van der Waals surface area (Å²) in [5.41, 5.74) is 0. The van der Waals surface area contributed by atoms with Crippen molar-refractivity contribution < 1.29 is 4.79 Å². The molecule has 2 fully saturated rings. The molecule has 0 amide bonds. The van der Waals surface area contributed by atoms with E-state index in [1.165, 1.54) is 83.5 Å². The molecule has 2 saturated carbocycles. The van der Waals surface area contributed by atoms with Crippen molar-refractivity contribution in [3.05, 3.63) is 0 Å². The Kier molecular flexibility index (Phi) is 7.82. The molecule has 2 aliphatic carbocycles. The Balaban J connectivity index is 1.55. The largest absolute Gasteiger partial charge is 0.303 e. The van der Waals surface area contributed by atoms with Crippen molar-refractivity contribution in [1.29, 1.82) is 0 Å². The Morgan fingerprint density at radius 1 is 0.714 bits per heavy atom. The number of rotatable bonds is 8. The van der Waals surface area contributed by atoms with Crippen LogP contribution in [0.15, 0.2) is 0 Å². The molecule has 21 heavy (non-hydrogen) atoms. The highest BCUT2D eigenvalue weighted by Crippen LogP contribution is 2.38. The van der Waals surface area contributed by atoms with Crippen molar-refractivity contribution in [3.8, 4) is 0 Å². The average molecular weight is 293 g/mol. The van der Waals surface area contributed by atoms with Gasteiger partial charge in [-0.15, -0.1) is 0 Å². The van der Waals surface area contributed by atoms with E-state index < -0.39 is 0 Å². The highest BCUT2D eigenvalue weighted by atomic mass is 16.1. The number of unbranched alkanes of at least 4 members (excludes halogenated alkanes) is 1. The maximum atomic E-state index is 10.6. The zero-order valence-electron chi connectivity index (χ0n) is 14.2. The molecule has 0 atom stereocenters. The third-order valence-corrected chi connectivity index (χ3v) is 6.31. The molecule has 0 radical (unpaired) electrons. The molecule has 122 valence electrons. The van der Waals surface area contributed by atoms with E-state index in [1.807, 2.05) is 0 Å². The molecule has 0 saturated heterocycles. The molecule has 1 nitrogen and oxygen atoms in total. The number of aldehydes is 1. The molecule has 1 heteroatoms. The first-order valence-corrected chi connectivity index (χ1v) is 9.75. The predicted octanol–water partition coefficient (Wildman–Crippen LogP) is 6.16. The van der Waals surface area contributed by atoms with E-state index in [1.54, 1.807) is 0 Å². The molecule has 0 unspecified atom stereocenters. The molecule has 0 aromatic rings. The summed E-state index contributed by atoms with van der Waals surface area (Å²) in [7, 11) is 0. The number of carbonyl (C=O) groups is 1. The highest BCUT2D eigenvalue weighted by Gasteiger charge is 2.24. The first kappa shape index (κ1) is 17.0. The summed E-state index contributed by atoms with van der Waals surface area (Å²) < 4.78 is 0. The standard InChI is InChI=1S/C20H36O/c1-2-3-4-17-5-7-18(8-6-17)9-10-19-11-13-20(14-12-19)15-16-21/h16-20H,2-15H2,1H3/t17-,18-,19-,20-. The molecule has 0 N–H and O–H groups in total. The molecular formula is C20H36O. The molecule has 0 bridgehead atoms. The van der Waals surface area contributed by atoms with Gasteiger partial charge in [0.1, 0.15) is 6.29 Å². The van der Waals surface area contributed by atoms with Crippen molar-refractivity contribution in [3.63, 3.8) is 0 Å². The van der Waals surface area contributed by atoms with Crippen LogP contribution < -0.4 is 0 Å². The van der Waals surface area contributed by atoms with Crippen LogP contribution in [0.4, 0.5) is 0 Å². The molecule has 0 heterocycles. The SMILES string of the molecule is CCCC[C@H]1CC[C@H](CC[C@H]2CC[C@H](CC=O)CC2)CC1. The fourth-order valence-electron chi connectivity index (χ4n) is 4.66. The molecule has 0 spiro atoms. The van der Waals surface area contributed by atoms with Gasteiger partial charge in [0.2, 0.25) is 0 Å². The van der Waals surface area contributed by atoms with Crippen molar-refractivity contribution in [2.24, 2.45) is 23.7 Å². The molecule has 2 rings (SSSR count). The van der Waals surface area contributed by atoms with Crippen LogP contribution in [-0.2, 0) is 4.79 Å². The minimum Gasteiger partial charge on any atom is -0.303 e. The third kappa shape index (κ3) is 6.12. The summed E-state index contributed by atoms with van der Waals surface area (Å²) in [6, 6.07) is 0. The molecule has 0 aromatic carbocycles. The van der Waals surface area contributed by atoms with Crippen molar-refractivity contribution in [2.45, 2.75) is 96.8 Å². The zero-order chi connectivity index (χ0) is 14.9. The van der Waals surface area contributed by atoms with Crippen LogP contribution in [0.1, 0.15) is 96.8 Å². The van der Waals surface area contributed by atoms with E-state index in [4.69, 9.17) is 0 Å². The van der Waals surface area contributed by atoms with Gasteiger partial charge in [-0.1, -0.05) is 77.6 Å². The zero-order valence-corrected chi connectivity index (χ0v) is 14.2. The number of hydrogen-bond acceptors (Lipinski definition) is 1. The van der Waals surface area contributed by atoms with Gasteiger partial charge in [0.05, 0.1) is 0 Å². The molecule has 0 aliphatic heterocycles. The minimum atomic E-state index is 0.716. The Labute approximate surface area is 132 Å². The van der Waals surface area contributed by atoms with E-state index in [0.29, 0.717) is 5.92 Å². The van der Waals surface area contributed by atoms with Crippen molar-refractivity contribution >= 4 is 6.29 Å². The van der Waals surface area contributed by atoms with Crippen LogP contribution in [-0.4, -0.2) is 6.29 Å². The summed E-state index contributed by atoms with van der Waals surface area (Å²) in [5.74, 6) is 3.79. The molecule has 0 aromatic heterocycles. The van der Waals surface area contributed by atoms with Gasteiger partial charge in [-0.25, -0.2) is 0 Å². The minimum absolute atomic E-state index is 0.716. The van der Waals surface area contributed by atoms with Crippen LogP contribution in [0.2, 0.25) is 0 Å². The van der Waals surface area contributed by atoms with E-state index in [2.05, 4.69) is 6.92 Å². The Hall–Kier alpha value is -0.330. The molecule has 2 aliphatic rings. The fraction of sp³-hybridized carbons (Fsp3) is 0.950. The molecular weight excluding hydrogens is 256 g/mol.